The highest BCUT2D eigenvalue weighted by atomic mass is 16.5. The van der Waals surface area contributed by atoms with Crippen LogP contribution in [0.3, 0.4) is 0 Å². The van der Waals surface area contributed by atoms with Gasteiger partial charge in [-0.05, 0) is 6.07 Å². The van der Waals surface area contributed by atoms with Crippen molar-refractivity contribution in [1.82, 2.24) is 4.57 Å². The zero-order valence-electron chi connectivity index (χ0n) is 13.6. The Bertz CT molecular complexity index is 784. The number of para-hydroxylation sites is 1. The predicted octanol–water partition coefficient (Wildman–Crippen LogP) is 1.48. The first-order valence-corrected chi connectivity index (χ1v) is 7.04. The van der Waals surface area contributed by atoms with E-state index in [2.05, 4.69) is 9.47 Å². The number of hydrogen-bond donors (Lipinski definition) is 0. The Morgan fingerprint density at radius 3 is 2.00 bits per heavy atom. The average Bonchev–Trinajstić information content (AvgIpc) is 2.62. The van der Waals surface area contributed by atoms with E-state index in [0.717, 1.165) is 19.8 Å². The molecule has 0 atom stereocenters. The van der Waals surface area contributed by atoms with Gasteiger partial charge in [-0.25, -0.2) is 9.59 Å². The molecule has 1 aromatic carbocycles. The Kier molecular flexibility index (Phi) is 5.36. The molecule has 24 heavy (non-hydrogen) atoms. The summed E-state index contributed by atoms with van der Waals surface area (Å²) in [6.45, 7) is 0.290. The first-order valence-electron chi connectivity index (χ1n) is 7.04. The summed E-state index contributed by atoms with van der Waals surface area (Å²) >= 11 is 0. The zero-order chi connectivity index (χ0) is 17.7. The molecule has 0 fully saturated rings. The molecule has 2 aromatic rings. The van der Waals surface area contributed by atoms with Crippen LogP contribution in [0, 0.1) is 0 Å². The van der Waals surface area contributed by atoms with E-state index < -0.39 is 17.4 Å². The van der Waals surface area contributed by atoms with Gasteiger partial charge in [0.05, 0.1) is 27.9 Å². The summed E-state index contributed by atoms with van der Waals surface area (Å²) in [5.74, 6) is -0.991. The van der Waals surface area contributed by atoms with Crippen molar-refractivity contribution >= 4 is 11.9 Å². The molecule has 7 nitrogen and oxygen atoms in total. The van der Waals surface area contributed by atoms with Crippen molar-refractivity contribution in [3.63, 3.8) is 0 Å². The Morgan fingerprint density at radius 1 is 0.958 bits per heavy atom. The molecule has 0 bridgehead atoms. The highest BCUT2D eigenvalue weighted by Gasteiger charge is 2.20. The molecule has 0 saturated carbocycles. The van der Waals surface area contributed by atoms with Crippen LogP contribution in [-0.4, -0.2) is 37.8 Å². The van der Waals surface area contributed by atoms with Crippen LogP contribution in [0.4, 0.5) is 0 Å². The molecule has 0 spiro atoms. The van der Waals surface area contributed by atoms with Gasteiger partial charge in [-0.1, -0.05) is 18.2 Å². The standard InChI is InChI=1S/C17H17NO6/c1-22-14-7-5-4-6-11(14)8-18-9-12(16(20)23-2)15(19)13(10-18)17(21)24-3/h4-7,9-10H,8H2,1-3H3. The van der Waals surface area contributed by atoms with Gasteiger partial charge in [0.25, 0.3) is 0 Å². The Balaban J connectivity index is 2.55. The second-order valence-corrected chi connectivity index (χ2v) is 4.88. The predicted molar refractivity (Wildman–Crippen MR) is 85.5 cm³/mol. The Labute approximate surface area is 138 Å². The summed E-state index contributed by atoms with van der Waals surface area (Å²) < 4.78 is 16.0. The lowest BCUT2D eigenvalue weighted by Gasteiger charge is -2.13. The lowest BCUT2D eigenvalue weighted by molar-refractivity contribution is 0.0594. The molecular weight excluding hydrogens is 314 g/mol. The molecule has 0 N–H and O–H groups in total. The average molecular weight is 331 g/mol. The number of ether oxygens (including phenoxy) is 3. The van der Waals surface area contributed by atoms with Crippen LogP contribution in [0.1, 0.15) is 26.3 Å². The first-order chi connectivity index (χ1) is 11.5. The smallest absolute Gasteiger partial charge is 0.343 e. The summed E-state index contributed by atoms with van der Waals surface area (Å²) in [7, 11) is 3.87. The van der Waals surface area contributed by atoms with E-state index in [1.807, 2.05) is 18.2 Å². The maximum atomic E-state index is 12.3. The van der Waals surface area contributed by atoms with Crippen LogP contribution >= 0.6 is 0 Å². The third kappa shape index (κ3) is 3.45. The molecule has 0 aliphatic carbocycles. The van der Waals surface area contributed by atoms with Gasteiger partial charge in [0.1, 0.15) is 16.9 Å². The number of aromatic nitrogens is 1. The molecule has 2 rings (SSSR count). The fourth-order valence-corrected chi connectivity index (χ4v) is 2.26. The molecule has 0 saturated heterocycles. The van der Waals surface area contributed by atoms with E-state index in [4.69, 9.17) is 4.74 Å². The maximum absolute atomic E-state index is 12.3. The number of carbonyl (C=O) groups is 2. The number of esters is 2. The van der Waals surface area contributed by atoms with Gasteiger partial charge in [0.2, 0.25) is 5.43 Å². The normalized spacial score (nSPS) is 10.1. The van der Waals surface area contributed by atoms with Crippen LogP contribution in [-0.2, 0) is 16.0 Å². The molecule has 0 radical (unpaired) electrons. The quantitative estimate of drug-likeness (QED) is 0.772. The minimum absolute atomic E-state index is 0.240. The van der Waals surface area contributed by atoms with E-state index in [1.165, 1.54) is 17.0 Å². The number of nitrogens with zero attached hydrogens (tertiary/aromatic N) is 1. The van der Waals surface area contributed by atoms with Crippen molar-refractivity contribution in [2.75, 3.05) is 21.3 Å². The number of methoxy groups -OCH3 is 3. The number of pyridine rings is 1. The third-order valence-corrected chi connectivity index (χ3v) is 3.44. The second-order valence-electron chi connectivity index (χ2n) is 4.88. The minimum Gasteiger partial charge on any atom is -0.496 e. The third-order valence-electron chi connectivity index (χ3n) is 3.44. The summed E-state index contributed by atoms with van der Waals surface area (Å²) in [6.07, 6.45) is 2.68. The van der Waals surface area contributed by atoms with E-state index in [-0.39, 0.29) is 17.7 Å². The van der Waals surface area contributed by atoms with Crippen LogP contribution in [0.15, 0.2) is 41.5 Å². The largest absolute Gasteiger partial charge is 0.496 e. The molecule has 126 valence electrons. The highest BCUT2D eigenvalue weighted by molar-refractivity contribution is 5.94. The molecule has 0 aliphatic rings. The SMILES string of the molecule is COC(=O)c1cn(Cc2ccccc2OC)cc(C(=O)OC)c1=O. The molecular formula is C17H17NO6. The maximum Gasteiger partial charge on any atom is 0.343 e. The lowest BCUT2D eigenvalue weighted by Crippen LogP contribution is -2.26. The number of rotatable bonds is 5. The van der Waals surface area contributed by atoms with E-state index >= 15 is 0 Å². The van der Waals surface area contributed by atoms with Gasteiger partial charge < -0.3 is 18.8 Å². The highest BCUT2D eigenvalue weighted by Crippen LogP contribution is 2.18. The van der Waals surface area contributed by atoms with Crippen molar-refractivity contribution < 1.29 is 23.8 Å². The number of carbonyl (C=O) groups excluding carboxylic acids is 2. The van der Waals surface area contributed by atoms with Crippen molar-refractivity contribution in [3.8, 4) is 5.75 Å². The molecule has 1 heterocycles. The Morgan fingerprint density at radius 2 is 1.50 bits per heavy atom. The van der Waals surface area contributed by atoms with Crippen molar-refractivity contribution in [2.24, 2.45) is 0 Å². The van der Waals surface area contributed by atoms with Gasteiger partial charge in [-0.15, -0.1) is 0 Å². The number of hydrogen-bond acceptors (Lipinski definition) is 6. The second kappa shape index (κ2) is 7.45. The van der Waals surface area contributed by atoms with Gasteiger partial charge in [-0.3, -0.25) is 4.79 Å². The Hall–Kier alpha value is -3.09. The summed E-state index contributed by atoms with van der Waals surface area (Å²) in [5.41, 5.74) is -0.397. The fraction of sp³-hybridized carbons (Fsp3) is 0.235. The molecule has 0 unspecified atom stereocenters. The fourth-order valence-electron chi connectivity index (χ4n) is 2.26. The van der Waals surface area contributed by atoms with E-state index in [9.17, 15) is 14.4 Å². The van der Waals surface area contributed by atoms with Crippen LogP contribution in [0.2, 0.25) is 0 Å². The van der Waals surface area contributed by atoms with E-state index in [1.54, 1.807) is 13.2 Å². The molecule has 0 aliphatic heterocycles. The minimum atomic E-state index is -0.820. The van der Waals surface area contributed by atoms with Crippen molar-refractivity contribution in [1.29, 1.82) is 0 Å². The van der Waals surface area contributed by atoms with Crippen LogP contribution < -0.4 is 10.2 Å². The van der Waals surface area contributed by atoms with E-state index in [0.29, 0.717) is 5.75 Å². The monoisotopic (exact) mass is 331 g/mol. The lowest BCUT2D eigenvalue weighted by atomic mass is 10.1. The summed E-state index contributed by atoms with van der Waals surface area (Å²) in [6, 6.07) is 7.29. The van der Waals surface area contributed by atoms with Gasteiger partial charge in [-0.2, -0.15) is 0 Å². The molecule has 1 aromatic heterocycles. The van der Waals surface area contributed by atoms with Crippen molar-refractivity contribution in [2.45, 2.75) is 6.54 Å². The zero-order valence-corrected chi connectivity index (χ0v) is 13.6. The summed E-state index contributed by atoms with van der Waals surface area (Å²) in [4.78, 5) is 35.9. The topological polar surface area (TPSA) is 83.8 Å². The molecule has 7 heteroatoms. The van der Waals surface area contributed by atoms with Gasteiger partial charge in [0, 0.05) is 18.0 Å². The van der Waals surface area contributed by atoms with Gasteiger partial charge >= 0.3 is 11.9 Å². The molecule has 0 amide bonds. The van der Waals surface area contributed by atoms with Crippen LogP contribution in [0.25, 0.3) is 0 Å². The first kappa shape index (κ1) is 17.3. The van der Waals surface area contributed by atoms with Crippen LogP contribution in [0.5, 0.6) is 5.75 Å². The van der Waals surface area contributed by atoms with Crippen molar-refractivity contribution in [3.05, 3.63) is 63.6 Å². The van der Waals surface area contributed by atoms with Gasteiger partial charge in [0.15, 0.2) is 0 Å². The summed E-state index contributed by atoms with van der Waals surface area (Å²) in [5, 5.41) is 0. The number of benzene rings is 1.